The van der Waals surface area contributed by atoms with E-state index >= 15 is 0 Å². The van der Waals surface area contributed by atoms with E-state index in [1.807, 2.05) is 31.2 Å². The van der Waals surface area contributed by atoms with Crippen LogP contribution in [0.2, 0.25) is 0 Å². The van der Waals surface area contributed by atoms with E-state index < -0.39 is 5.97 Å². The van der Waals surface area contributed by atoms with Crippen molar-refractivity contribution in [3.8, 4) is 0 Å². The summed E-state index contributed by atoms with van der Waals surface area (Å²) in [6.07, 6.45) is 3.22. The van der Waals surface area contributed by atoms with Crippen LogP contribution >= 0.6 is 0 Å². The number of carboxylic acids is 1. The molecule has 1 aliphatic rings. The molecule has 2 heterocycles. The van der Waals surface area contributed by atoms with Crippen molar-refractivity contribution in [1.29, 1.82) is 0 Å². The molecule has 0 amide bonds. The summed E-state index contributed by atoms with van der Waals surface area (Å²) in [6.45, 7) is 2.80. The quantitative estimate of drug-likeness (QED) is 0.939. The van der Waals surface area contributed by atoms with Gasteiger partial charge in [0.2, 0.25) is 0 Å². The highest BCUT2D eigenvalue weighted by Gasteiger charge is 2.27. The molecule has 0 radical (unpaired) electrons. The van der Waals surface area contributed by atoms with E-state index in [4.69, 9.17) is 10.1 Å². The van der Waals surface area contributed by atoms with Gasteiger partial charge >= 0.3 is 5.97 Å². The van der Waals surface area contributed by atoms with Crippen LogP contribution in [0, 0.1) is 6.92 Å². The lowest BCUT2D eigenvalue weighted by Crippen LogP contribution is -2.42. The number of carboxylic acid groups (broad SMARTS) is 1. The zero-order valence-electron chi connectivity index (χ0n) is 12.1. The Bertz CT molecular complexity index is 672. The number of hydrogen-bond donors (Lipinski definition) is 1. The van der Waals surface area contributed by atoms with E-state index in [1.54, 1.807) is 0 Å². The molecule has 1 saturated heterocycles. The summed E-state index contributed by atoms with van der Waals surface area (Å²) in [5.41, 5.74) is 2.61. The first-order chi connectivity index (χ1) is 10.1. The Balaban J connectivity index is 2.00. The zero-order valence-corrected chi connectivity index (χ0v) is 12.1. The third kappa shape index (κ3) is 2.82. The number of aliphatic carboxylic acids is 1. The number of aryl methyl sites for hydroxylation is 1. The predicted molar refractivity (Wildman–Crippen MR) is 81.5 cm³/mol. The van der Waals surface area contributed by atoms with Gasteiger partial charge in [-0.3, -0.25) is 4.79 Å². The predicted octanol–water partition coefficient (Wildman–Crippen LogP) is 2.77. The van der Waals surface area contributed by atoms with Gasteiger partial charge in [0, 0.05) is 12.6 Å². The minimum Gasteiger partial charge on any atom is -0.481 e. The molecule has 1 fully saturated rings. The molecule has 3 rings (SSSR count). The van der Waals surface area contributed by atoms with Crippen molar-refractivity contribution in [2.75, 3.05) is 11.4 Å². The molecule has 2 aromatic rings. The van der Waals surface area contributed by atoms with Crippen molar-refractivity contribution in [1.82, 2.24) is 9.97 Å². The number of piperidine rings is 1. The third-order valence-electron chi connectivity index (χ3n) is 4.03. The number of anilines is 1. The molecule has 110 valence electrons. The molecule has 1 N–H and O–H groups in total. The van der Waals surface area contributed by atoms with Crippen molar-refractivity contribution in [2.24, 2.45) is 0 Å². The molecule has 1 unspecified atom stereocenters. The van der Waals surface area contributed by atoms with Crippen molar-refractivity contribution in [2.45, 2.75) is 38.6 Å². The third-order valence-corrected chi connectivity index (χ3v) is 4.03. The second-order valence-corrected chi connectivity index (χ2v) is 5.56. The number of benzene rings is 1. The highest BCUT2D eigenvalue weighted by atomic mass is 16.4. The Morgan fingerprint density at radius 2 is 2.00 bits per heavy atom. The summed E-state index contributed by atoms with van der Waals surface area (Å²) in [6, 6.07) is 7.81. The second kappa shape index (κ2) is 5.68. The molecule has 1 aliphatic heterocycles. The van der Waals surface area contributed by atoms with Crippen LogP contribution in [0.1, 0.15) is 31.4 Å². The van der Waals surface area contributed by atoms with Gasteiger partial charge in [-0.15, -0.1) is 0 Å². The van der Waals surface area contributed by atoms with Crippen LogP contribution in [0.15, 0.2) is 24.3 Å². The van der Waals surface area contributed by atoms with Gasteiger partial charge in [-0.2, -0.15) is 0 Å². The van der Waals surface area contributed by atoms with Gasteiger partial charge < -0.3 is 10.0 Å². The number of rotatable bonds is 3. The van der Waals surface area contributed by atoms with Gasteiger partial charge in [0.25, 0.3) is 0 Å². The fourth-order valence-electron chi connectivity index (χ4n) is 3.04. The molecule has 1 atom stereocenters. The van der Waals surface area contributed by atoms with E-state index in [-0.39, 0.29) is 12.5 Å². The van der Waals surface area contributed by atoms with Crippen LogP contribution in [0.4, 0.5) is 5.82 Å². The second-order valence-electron chi connectivity index (χ2n) is 5.56. The highest BCUT2D eigenvalue weighted by Crippen LogP contribution is 2.28. The summed E-state index contributed by atoms with van der Waals surface area (Å²) in [5.74, 6) is 0.0814. The van der Waals surface area contributed by atoms with E-state index in [2.05, 4.69) is 9.88 Å². The van der Waals surface area contributed by atoms with E-state index in [0.29, 0.717) is 0 Å². The number of carbonyl (C=O) groups is 1. The molecule has 5 nitrogen and oxygen atoms in total. The van der Waals surface area contributed by atoms with Gasteiger partial charge in [0.1, 0.15) is 0 Å². The van der Waals surface area contributed by atoms with Crippen LogP contribution in [0.5, 0.6) is 0 Å². The minimum atomic E-state index is -0.752. The Morgan fingerprint density at radius 3 is 2.71 bits per heavy atom. The number of aromatic nitrogens is 2. The van der Waals surface area contributed by atoms with Crippen molar-refractivity contribution in [3.05, 3.63) is 30.0 Å². The maximum atomic E-state index is 11.1. The van der Waals surface area contributed by atoms with Crippen LogP contribution < -0.4 is 4.90 Å². The molecular formula is C16H19N3O2. The number of para-hydroxylation sites is 2. The van der Waals surface area contributed by atoms with Crippen LogP contribution in [0.3, 0.4) is 0 Å². The molecular weight excluding hydrogens is 266 g/mol. The first kappa shape index (κ1) is 13.8. The van der Waals surface area contributed by atoms with E-state index in [1.165, 1.54) is 0 Å². The molecule has 0 bridgehead atoms. The molecule has 0 aliphatic carbocycles. The normalized spacial score (nSPS) is 18.9. The first-order valence-corrected chi connectivity index (χ1v) is 7.37. The Kier molecular flexibility index (Phi) is 3.73. The SMILES string of the molecule is Cc1nc2ccccc2nc1N1CCCCC1CC(=O)O. The highest BCUT2D eigenvalue weighted by molar-refractivity contribution is 5.76. The monoisotopic (exact) mass is 285 g/mol. The zero-order chi connectivity index (χ0) is 14.8. The Morgan fingerprint density at radius 1 is 1.29 bits per heavy atom. The maximum absolute atomic E-state index is 11.1. The average Bonchev–Trinajstić information content (AvgIpc) is 2.47. The fraction of sp³-hybridized carbons (Fsp3) is 0.438. The largest absolute Gasteiger partial charge is 0.481 e. The lowest BCUT2D eigenvalue weighted by atomic mass is 9.99. The summed E-state index contributed by atoms with van der Waals surface area (Å²) in [5, 5.41) is 9.11. The maximum Gasteiger partial charge on any atom is 0.305 e. The molecule has 21 heavy (non-hydrogen) atoms. The van der Waals surface area contributed by atoms with Crippen LogP contribution in [-0.2, 0) is 4.79 Å². The van der Waals surface area contributed by atoms with Crippen LogP contribution in [-0.4, -0.2) is 33.6 Å². The standard InChI is InChI=1S/C16H19N3O2/c1-11-16(18-14-8-3-2-7-13(14)17-11)19-9-5-4-6-12(19)10-15(20)21/h2-3,7-8,12H,4-6,9-10H2,1H3,(H,20,21). The fourth-order valence-corrected chi connectivity index (χ4v) is 3.04. The van der Waals surface area contributed by atoms with Crippen molar-refractivity contribution < 1.29 is 9.90 Å². The molecule has 1 aromatic carbocycles. The lowest BCUT2D eigenvalue weighted by molar-refractivity contribution is -0.137. The number of fused-ring (bicyclic) bond motifs is 1. The topological polar surface area (TPSA) is 66.3 Å². The summed E-state index contributed by atoms with van der Waals surface area (Å²) in [7, 11) is 0. The number of hydrogen-bond acceptors (Lipinski definition) is 4. The smallest absolute Gasteiger partial charge is 0.305 e. The molecule has 0 spiro atoms. The van der Waals surface area contributed by atoms with Gasteiger partial charge in [-0.25, -0.2) is 9.97 Å². The molecule has 1 aromatic heterocycles. The van der Waals surface area contributed by atoms with E-state index in [9.17, 15) is 4.79 Å². The van der Waals surface area contributed by atoms with Gasteiger partial charge in [0.15, 0.2) is 5.82 Å². The van der Waals surface area contributed by atoms with E-state index in [0.717, 1.165) is 48.4 Å². The molecule has 5 heteroatoms. The Labute approximate surface area is 123 Å². The molecule has 0 saturated carbocycles. The van der Waals surface area contributed by atoms with Gasteiger partial charge in [0.05, 0.1) is 23.1 Å². The van der Waals surface area contributed by atoms with Crippen molar-refractivity contribution >= 4 is 22.8 Å². The minimum absolute atomic E-state index is 0.0189. The van der Waals surface area contributed by atoms with Gasteiger partial charge in [-0.1, -0.05) is 12.1 Å². The van der Waals surface area contributed by atoms with Gasteiger partial charge in [-0.05, 0) is 38.3 Å². The summed E-state index contributed by atoms with van der Waals surface area (Å²) < 4.78 is 0. The average molecular weight is 285 g/mol. The summed E-state index contributed by atoms with van der Waals surface area (Å²) >= 11 is 0. The lowest BCUT2D eigenvalue weighted by Gasteiger charge is -2.36. The summed E-state index contributed by atoms with van der Waals surface area (Å²) in [4.78, 5) is 22.5. The Hall–Kier alpha value is -2.17. The van der Waals surface area contributed by atoms with Crippen molar-refractivity contribution in [3.63, 3.8) is 0 Å². The van der Waals surface area contributed by atoms with Crippen LogP contribution in [0.25, 0.3) is 11.0 Å². The number of nitrogens with zero attached hydrogens (tertiary/aromatic N) is 3. The first-order valence-electron chi connectivity index (χ1n) is 7.37.